The molecule has 134 valence electrons. The molecule has 0 N–H and O–H groups in total. The molecule has 7 heteroatoms. The van der Waals surface area contributed by atoms with Crippen molar-refractivity contribution in [2.45, 2.75) is 38.0 Å². The number of benzene rings is 1. The lowest BCUT2D eigenvalue weighted by Crippen LogP contribution is -2.50. The quantitative estimate of drug-likeness (QED) is 0.529. The molecule has 0 radical (unpaired) electrons. The highest BCUT2D eigenvalue weighted by Gasteiger charge is 2.31. The van der Waals surface area contributed by atoms with E-state index in [0.717, 1.165) is 18.4 Å². The largest absolute Gasteiger partial charge is 0.449 e. The van der Waals surface area contributed by atoms with Gasteiger partial charge in [-0.3, -0.25) is 4.18 Å². The molecule has 1 aliphatic rings. The molecular weight excluding hydrogens is 330 g/mol. The van der Waals surface area contributed by atoms with Gasteiger partial charge in [-0.2, -0.15) is 8.42 Å². The maximum Gasteiger partial charge on any atom is 0.409 e. The molecule has 0 aromatic heterocycles. The molecule has 1 saturated heterocycles. The molecule has 1 aliphatic heterocycles. The van der Waals surface area contributed by atoms with Crippen molar-refractivity contribution < 1.29 is 22.1 Å². The van der Waals surface area contributed by atoms with Crippen molar-refractivity contribution in [1.82, 2.24) is 4.90 Å². The zero-order chi connectivity index (χ0) is 17.6. The molecule has 1 aromatic carbocycles. The van der Waals surface area contributed by atoms with Crippen molar-refractivity contribution in [3.63, 3.8) is 0 Å². The molecule has 0 unspecified atom stereocenters. The van der Waals surface area contributed by atoms with Crippen molar-refractivity contribution in [3.05, 3.63) is 29.8 Å². The van der Waals surface area contributed by atoms with E-state index < -0.39 is 10.1 Å². The summed E-state index contributed by atoms with van der Waals surface area (Å²) in [4.78, 5) is 13.5. The van der Waals surface area contributed by atoms with E-state index in [9.17, 15) is 13.2 Å². The zero-order valence-corrected chi connectivity index (χ0v) is 15.0. The smallest absolute Gasteiger partial charge is 0.409 e. The van der Waals surface area contributed by atoms with E-state index >= 15 is 0 Å². The van der Waals surface area contributed by atoms with E-state index in [-0.39, 0.29) is 23.5 Å². The molecular formula is C17H25NO5S. The third kappa shape index (κ3) is 5.21. The summed E-state index contributed by atoms with van der Waals surface area (Å²) in [5, 5.41) is 0. The van der Waals surface area contributed by atoms with Crippen LogP contribution in [0.3, 0.4) is 0 Å². The fourth-order valence-electron chi connectivity index (χ4n) is 2.39. The first-order valence-corrected chi connectivity index (χ1v) is 9.71. The van der Waals surface area contributed by atoms with E-state index in [1.165, 1.54) is 0 Å². The topological polar surface area (TPSA) is 72.9 Å². The van der Waals surface area contributed by atoms with Crippen LogP contribution in [0.1, 0.15) is 31.7 Å². The summed E-state index contributed by atoms with van der Waals surface area (Å²) in [5.41, 5.74) is 0.995. The predicted octanol–water partition coefficient (Wildman–Crippen LogP) is 2.96. The molecule has 0 aliphatic carbocycles. The van der Waals surface area contributed by atoms with Crippen LogP contribution in [0.4, 0.5) is 4.79 Å². The monoisotopic (exact) mass is 355 g/mol. The van der Waals surface area contributed by atoms with Crippen LogP contribution in [0.25, 0.3) is 0 Å². The number of aryl methyl sites for hydroxylation is 1. The van der Waals surface area contributed by atoms with Crippen LogP contribution in [0, 0.1) is 12.8 Å². The van der Waals surface area contributed by atoms with Crippen LogP contribution in [0.2, 0.25) is 0 Å². The van der Waals surface area contributed by atoms with E-state index in [1.807, 2.05) is 13.8 Å². The Morgan fingerprint density at radius 2 is 1.88 bits per heavy atom. The average molecular weight is 355 g/mol. The third-order valence-corrected chi connectivity index (χ3v) is 5.34. The lowest BCUT2D eigenvalue weighted by atomic mass is 9.98. The van der Waals surface area contributed by atoms with Crippen molar-refractivity contribution in [2.24, 2.45) is 5.92 Å². The maximum absolute atomic E-state index is 12.0. The summed E-state index contributed by atoms with van der Waals surface area (Å²) >= 11 is 0. The van der Waals surface area contributed by atoms with Gasteiger partial charge >= 0.3 is 6.09 Å². The first kappa shape index (κ1) is 18.7. The molecule has 0 atom stereocenters. The first-order chi connectivity index (χ1) is 11.4. The molecule has 1 amide bonds. The van der Waals surface area contributed by atoms with Gasteiger partial charge in [0, 0.05) is 13.1 Å². The number of hydrogen-bond donors (Lipinski definition) is 0. The molecule has 1 aromatic rings. The van der Waals surface area contributed by atoms with Gasteiger partial charge in [0.1, 0.15) is 0 Å². The average Bonchev–Trinajstić information content (AvgIpc) is 2.50. The number of carbonyl (C=O) groups excluding carboxylic acids is 1. The van der Waals surface area contributed by atoms with Gasteiger partial charge in [0.25, 0.3) is 10.1 Å². The number of carbonyl (C=O) groups is 1. The summed E-state index contributed by atoms with van der Waals surface area (Å²) in [6.07, 6.45) is 2.17. The normalized spacial score (nSPS) is 15.2. The first-order valence-electron chi connectivity index (χ1n) is 8.30. The Morgan fingerprint density at radius 3 is 2.50 bits per heavy atom. The maximum atomic E-state index is 12.0. The lowest BCUT2D eigenvalue weighted by molar-refractivity contribution is 0.0466. The van der Waals surface area contributed by atoms with Gasteiger partial charge < -0.3 is 9.64 Å². The minimum Gasteiger partial charge on any atom is -0.449 e. The van der Waals surface area contributed by atoms with Crippen LogP contribution in [0.5, 0.6) is 0 Å². The summed E-state index contributed by atoms with van der Waals surface area (Å²) in [7, 11) is -3.71. The second kappa shape index (κ2) is 8.48. The van der Waals surface area contributed by atoms with Gasteiger partial charge in [0.15, 0.2) is 0 Å². The van der Waals surface area contributed by atoms with Gasteiger partial charge in [0.2, 0.25) is 0 Å². The van der Waals surface area contributed by atoms with Gasteiger partial charge in [-0.25, -0.2) is 4.79 Å². The highest BCUT2D eigenvalue weighted by Crippen LogP contribution is 2.21. The van der Waals surface area contributed by atoms with Crippen molar-refractivity contribution in [1.29, 1.82) is 0 Å². The second-order valence-corrected chi connectivity index (χ2v) is 7.73. The molecule has 1 fully saturated rings. The lowest BCUT2D eigenvalue weighted by Gasteiger charge is -2.38. The zero-order valence-electron chi connectivity index (χ0n) is 14.2. The van der Waals surface area contributed by atoms with Gasteiger partial charge in [0.05, 0.1) is 18.1 Å². The molecule has 6 nitrogen and oxygen atoms in total. The van der Waals surface area contributed by atoms with Crippen molar-refractivity contribution in [2.75, 3.05) is 26.3 Å². The minimum atomic E-state index is -3.71. The SMILES string of the molecule is CCCCOC(=O)N1CC(CCOS(=O)(=O)c2ccc(C)cc2)C1. The predicted molar refractivity (Wildman–Crippen MR) is 90.3 cm³/mol. The number of hydrogen-bond acceptors (Lipinski definition) is 5. The van der Waals surface area contributed by atoms with Crippen LogP contribution in [0.15, 0.2) is 29.2 Å². The van der Waals surface area contributed by atoms with Crippen LogP contribution < -0.4 is 0 Å². The summed E-state index contributed by atoms with van der Waals surface area (Å²) in [6, 6.07) is 6.57. The Morgan fingerprint density at radius 1 is 1.21 bits per heavy atom. The number of likely N-dealkylation sites (tertiary alicyclic amines) is 1. The van der Waals surface area contributed by atoms with Gasteiger partial charge in [-0.05, 0) is 37.8 Å². The van der Waals surface area contributed by atoms with E-state index in [0.29, 0.717) is 26.1 Å². The highest BCUT2D eigenvalue weighted by atomic mass is 32.2. The van der Waals surface area contributed by atoms with Gasteiger partial charge in [-0.1, -0.05) is 31.0 Å². The second-order valence-electron chi connectivity index (χ2n) is 6.12. The van der Waals surface area contributed by atoms with Gasteiger partial charge in [-0.15, -0.1) is 0 Å². The molecule has 2 rings (SSSR count). The summed E-state index contributed by atoms with van der Waals surface area (Å²) < 4.78 is 34.3. The minimum absolute atomic E-state index is 0.125. The third-order valence-electron chi connectivity index (χ3n) is 4.01. The molecule has 1 heterocycles. The Balaban J connectivity index is 1.67. The Labute approximate surface area is 143 Å². The number of rotatable bonds is 8. The standard InChI is InChI=1S/C17H25NO5S/c1-3-4-10-22-17(19)18-12-15(13-18)9-11-23-24(20,21)16-7-5-14(2)6-8-16/h5-8,15H,3-4,9-13H2,1-2H3. The number of nitrogens with zero attached hydrogens (tertiary/aromatic N) is 1. The van der Waals surface area contributed by atoms with Crippen molar-refractivity contribution in [3.8, 4) is 0 Å². The molecule has 0 spiro atoms. The summed E-state index contributed by atoms with van der Waals surface area (Å²) in [5.74, 6) is 0.261. The molecule has 0 bridgehead atoms. The van der Waals surface area contributed by atoms with Crippen LogP contribution >= 0.6 is 0 Å². The Kier molecular flexibility index (Phi) is 6.62. The Bertz CT molecular complexity index is 635. The molecule has 0 saturated carbocycles. The number of ether oxygens (including phenoxy) is 1. The number of amides is 1. The van der Waals surface area contributed by atoms with Crippen LogP contribution in [-0.4, -0.2) is 45.7 Å². The summed E-state index contributed by atoms with van der Waals surface area (Å²) in [6.45, 7) is 5.71. The van der Waals surface area contributed by atoms with E-state index in [2.05, 4.69) is 0 Å². The van der Waals surface area contributed by atoms with Crippen molar-refractivity contribution >= 4 is 16.2 Å². The molecule has 24 heavy (non-hydrogen) atoms. The van der Waals surface area contributed by atoms with E-state index in [1.54, 1.807) is 29.2 Å². The fourth-order valence-corrected chi connectivity index (χ4v) is 3.32. The van der Waals surface area contributed by atoms with Crippen LogP contribution in [-0.2, 0) is 19.0 Å². The van der Waals surface area contributed by atoms with E-state index in [4.69, 9.17) is 8.92 Å². The Hall–Kier alpha value is -1.60. The highest BCUT2D eigenvalue weighted by molar-refractivity contribution is 7.86. The fraction of sp³-hybridized carbons (Fsp3) is 0.588. The number of unbranched alkanes of at least 4 members (excludes halogenated alkanes) is 1.